The van der Waals surface area contributed by atoms with Crippen molar-refractivity contribution in [3.05, 3.63) is 36.0 Å². The number of hydrogen-bond donors (Lipinski definition) is 12. The van der Waals surface area contributed by atoms with Crippen LogP contribution < -0.4 is 31.9 Å². The molecule has 1 aromatic carbocycles. The van der Waals surface area contributed by atoms with Gasteiger partial charge in [-0.15, -0.1) is 9.48 Å². The molecule has 6 amide bonds. The van der Waals surface area contributed by atoms with Gasteiger partial charge in [0.2, 0.25) is 41.6 Å². The van der Waals surface area contributed by atoms with Gasteiger partial charge < -0.3 is 57.3 Å². The fourth-order valence-electron chi connectivity index (χ4n) is 8.05. The van der Waals surface area contributed by atoms with E-state index in [2.05, 4.69) is 49.5 Å². The number of piperidine rings is 1. The Morgan fingerprint density at radius 1 is 0.909 bits per heavy atom. The van der Waals surface area contributed by atoms with E-state index in [1.165, 1.54) is 27.7 Å². The highest BCUT2D eigenvalue weighted by Gasteiger charge is 3.10. The number of nitrogens with zero attached hydrogens (tertiary/aromatic N) is 1. The first-order chi connectivity index (χ1) is 25.9. The molecule has 2 aromatic rings. The van der Waals surface area contributed by atoms with Crippen LogP contribution in [0.4, 0.5) is 0 Å². The number of aliphatic hydroxyl groups is 4. The Morgan fingerprint density at radius 2 is 1.53 bits per heavy atom. The molecule has 4 fully saturated rings. The van der Waals surface area contributed by atoms with Crippen molar-refractivity contribution in [2.45, 2.75) is 119 Å². The molecule has 11 N–H and O–H groups in total. The quantitative estimate of drug-likeness (QED) is 0.0732. The molecule has 13 atom stereocenters. The number of carbonyl (C=O) groups is 6. The topological polar surface area (TPSA) is 284 Å². The summed E-state index contributed by atoms with van der Waals surface area (Å²) >= 11 is 4.39. The predicted molar refractivity (Wildman–Crippen MR) is 195 cm³/mol. The van der Waals surface area contributed by atoms with Crippen molar-refractivity contribution in [2.24, 2.45) is 0 Å². The van der Waals surface area contributed by atoms with Gasteiger partial charge in [0.1, 0.15) is 42.4 Å². The van der Waals surface area contributed by atoms with Crippen molar-refractivity contribution in [2.75, 3.05) is 12.4 Å². The van der Waals surface area contributed by atoms with Gasteiger partial charge in [0, 0.05) is 42.1 Å². The number of aromatic amines is 1. The van der Waals surface area contributed by atoms with Crippen LogP contribution in [0.25, 0.3) is 10.9 Å². The van der Waals surface area contributed by atoms with Crippen LogP contribution in [0.5, 0.6) is 0 Å². The maximum atomic E-state index is 14.1. The molecule has 0 radical (unpaired) electrons. The first kappa shape index (κ1) is 40.4. The number of carbonyl (C=O) groups excluding carboxylic acids is 6. The lowest BCUT2D eigenvalue weighted by Crippen LogP contribution is -2.61. The number of hydrogen-bond acceptors (Lipinski definition) is 12. The summed E-state index contributed by atoms with van der Waals surface area (Å²) in [7, 11) is 0. The van der Waals surface area contributed by atoms with Crippen molar-refractivity contribution >= 4 is 59.0 Å². The number of amides is 6. The number of aromatic nitrogens is 1. The van der Waals surface area contributed by atoms with E-state index in [-0.39, 0.29) is 23.2 Å². The van der Waals surface area contributed by atoms with Crippen molar-refractivity contribution in [1.82, 2.24) is 36.9 Å². The number of thiol groups is 1. The second kappa shape index (κ2) is 15.0. The van der Waals surface area contributed by atoms with Gasteiger partial charge in [-0.1, -0.05) is 18.2 Å². The summed E-state index contributed by atoms with van der Waals surface area (Å²) in [5.41, 5.74) is -1.70. The molecule has 1 spiro atoms. The van der Waals surface area contributed by atoms with Crippen LogP contribution in [0.3, 0.4) is 0 Å². The summed E-state index contributed by atoms with van der Waals surface area (Å²) in [6.45, 7) is 4.44. The molecule has 55 heavy (non-hydrogen) atoms. The number of benzene rings is 1. The smallest absolute Gasteiger partial charge is 0.362 e. The zero-order chi connectivity index (χ0) is 40.2. The predicted octanol–water partition coefficient (Wildman–Crippen LogP) is -3.91. The van der Waals surface area contributed by atoms with Gasteiger partial charge in [0.25, 0.3) is 5.91 Å². The zero-order valence-electron chi connectivity index (χ0n) is 30.7. The maximum absolute atomic E-state index is 14.1. The highest BCUT2D eigenvalue weighted by Crippen LogP contribution is 2.76. The number of aliphatic hydroxyl groups excluding tert-OH is 3. The standard InChI is InChI=1S/C35H48N8O11S/c1-15-28(47)39-21(9-18-12-36-20-8-6-5-7-19(18)20)30(49)40-22(11-34(4,53)14-44)31(50)37-16(2)29(48)42-26(17(3)45)33(52)41-25(13-55)35-27-24(46)10-23(32(51)38-15)43(27,35)54-35/h5-8,12,15-17,21-27,36,44-46,53H,9-11,13-14H2,1-4H3,(H6-,37,38,39,40,41,42,47,48,49,50,51,52,55)/p+1/t15-,16-,17-,21-,22-,23-,24+,25-,26-,27+,34-,35-,43+/m0/s1. The van der Waals surface area contributed by atoms with E-state index in [0.717, 1.165) is 10.9 Å². The van der Waals surface area contributed by atoms with Crippen molar-refractivity contribution in [1.29, 1.82) is 0 Å². The van der Waals surface area contributed by atoms with Crippen molar-refractivity contribution < 1.29 is 58.7 Å². The van der Waals surface area contributed by atoms with Gasteiger partial charge in [-0.05, 0) is 39.3 Å². The van der Waals surface area contributed by atoms with E-state index in [1.807, 2.05) is 18.2 Å². The third-order valence-electron chi connectivity index (χ3n) is 11.1. The van der Waals surface area contributed by atoms with Crippen LogP contribution in [0.2, 0.25) is 0 Å². The third kappa shape index (κ3) is 7.27. The number of quaternary nitrogens is 1. The van der Waals surface area contributed by atoms with Crippen LogP contribution in [-0.4, -0.2) is 150 Å². The van der Waals surface area contributed by atoms with E-state index in [4.69, 9.17) is 4.84 Å². The van der Waals surface area contributed by atoms with Gasteiger partial charge in [-0.25, -0.2) is 0 Å². The first-order valence-electron chi connectivity index (χ1n) is 18.2. The Balaban J connectivity index is 1.34. The van der Waals surface area contributed by atoms with Gasteiger partial charge in [-0.2, -0.15) is 12.6 Å². The van der Waals surface area contributed by atoms with Gasteiger partial charge in [0.15, 0.2) is 0 Å². The number of nitrogens with one attached hydrogen (secondary N) is 7. The molecule has 0 saturated carbocycles. The molecule has 4 aliphatic heterocycles. The van der Waals surface area contributed by atoms with E-state index in [0.29, 0.717) is 5.56 Å². The lowest BCUT2D eigenvalue weighted by Gasteiger charge is -2.30. The molecule has 0 aliphatic carbocycles. The summed E-state index contributed by atoms with van der Waals surface area (Å²) in [6, 6.07) is -2.16. The van der Waals surface area contributed by atoms with Crippen LogP contribution in [0, 0.1) is 0 Å². The molecule has 0 unspecified atom stereocenters. The molecule has 0 bridgehead atoms. The fraction of sp³-hybridized carbons (Fsp3) is 0.600. The van der Waals surface area contributed by atoms with Crippen LogP contribution >= 0.6 is 12.6 Å². The molecular formula is C35H49N8O11S+. The van der Waals surface area contributed by atoms with Crippen LogP contribution in [0.1, 0.15) is 46.1 Å². The average Bonchev–Trinajstić information content (AvgIpc) is 3.85. The molecule has 300 valence electrons. The second-order valence-corrected chi connectivity index (χ2v) is 15.7. The molecule has 6 rings (SSSR count). The van der Waals surface area contributed by atoms with Crippen molar-refractivity contribution in [3.63, 3.8) is 0 Å². The minimum absolute atomic E-state index is 0.00427. The molecular weight excluding hydrogens is 740 g/mol. The Hall–Kier alpha value is -4.31. The van der Waals surface area contributed by atoms with Crippen LogP contribution in [0.15, 0.2) is 30.5 Å². The fourth-order valence-corrected chi connectivity index (χ4v) is 8.40. The largest absolute Gasteiger partial charge is 0.393 e. The summed E-state index contributed by atoms with van der Waals surface area (Å²) in [5, 5.41) is 58.3. The summed E-state index contributed by atoms with van der Waals surface area (Å²) < 4.78 is -0.306. The van der Waals surface area contributed by atoms with Gasteiger partial charge in [-0.3, -0.25) is 28.8 Å². The summed E-state index contributed by atoms with van der Waals surface area (Å²) in [4.78, 5) is 91.3. The highest BCUT2D eigenvalue weighted by molar-refractivity contribution is 7.80. The minimum Gasteiger partial charge on any atom is -0.393 e. The monoisotopic (exact) mass is 789 g/mol. The molecule has 5 heterocycles. The van der Waals surface area contributed by atoms with E-state index >= 15 is 0 Å². The molecule has 19 nitrogen and oxygen atoms in total. The molecule has 1 aromatic heterocycles. The number of fused-ring (bicyclic) bond motifs is 1. The Kier molecular flexibility index (Phi) is 11.0. The van der Waals surface area contributed by atoms with Gasteiger partial charge >= 0.3 is 5.72 Å². The third-order valence-corrected chi connectivity index (χ3v) is 11.5. The zero-order valence-corrected chi connectivity index (χ0v) is 31.6. The van der Waals surface area contributed by atoms with E-state index in [1.54, 1.807) is 12.3 Å². The number of para-hydroxylation sites is 1. The highest BCUT2D eigenvalue weighted by atomic mass is 32.1. The number of H-pyrrole nitrogens is 1. The lowest BCUT2D eigenvalue weighted by atomic mass is 9.96. The lowest BCUT2D eigenvalue weighted by molar-refractivity contribution is -0.876. The Labute approximate surface area is 321 Å². The molecule has 4 saturated heterocycles. The minimum atomic E-state index is -1.88. The summed E-state index contributed by atoms with van der Waals surface area (Å²) in [6.07, 6.45) is -1.36. The van der Waals surface area contributed by atoms with Crippen molar-refractivity contribution in [3.8, 4) is 0 Å². The average molecular weight is 790 g/mol. The maximum Gasteiger partial charge on any atom is 0.362 e. The Morgan fingerprint density at radius 3 is 2.18 bits per heavy atom. The molecule has 20 heteroatoms. The van der Waals surface area contributed by atoms with Gasteiger partial charge in [0.05, 0.1) is 18.3 Å². The number of rotatable bonds is 7. The van der Waals surface area contributed by atoms with Crippen LogP contribution in [-0.2, 0) is 40.0 Å². The van der Waals surface area contributed by atoms with E-state index in [9.17, 15) is 49.2 Å². The van der Waals surface area contributed by atoms with E-state index < -0.39 is 120 Å². The second-order valence-electron chi connectivity index (χ2n) is 15.3. The normalized spacial score (nSPS) is 37.4. The number of hydroxylamine groups is 3. The summed E-state index contributed by atoms with van der Waals surface area (Å²) in [5.74, 6) is -4.89. The Bertz CT molecular complexity index is 1880. The first-order valence-corrected chi connectivity index (χ1v) is 18.8. The molecule has 4 aliphatic rings. The SMILES string of the molecule is C[C@@H]1NC(=O)[C@H](C[C@](C)(O)CO)NC(=O)[C@H](Cc2c[nH]c3ccccc23)NC(=O)[C@H](C)NC(=O)[C@@H]2C[C@@H](O)[C@@H]3[C@@]4(O[N@@+]324)[C@H](CS)NC(=O)[C@H]([C@H](C)O)NC1=O.